The SMILES string of the molecule is O=C(c1cnn2cccnc12)N1CCC2(CC1)CC(Nc1ncccn1)CO2. The molecule has 5 heterocycles. The molecule has 1 amide bonds. The molecule has 0 radical (unpaired) electrons. The lowest BCUT2D eigenvalue weighted by Crippen LogP contribution is -2.46. The fourth-order valence-electron chi connectivity index (χ4n) is 4.11. The molecule has 1 N–H and O–H groups in total. The number of piperidine rings is 1. The summed E-state index contributed by atoms with van der Waals surface area (Å²) in [7, 11) is 0. The van der Waals surface area contributed by atoms with Gasteiger partial charge in [0.25, 0.3) is 5.91 Å². The van der Waals surface area contributed by atoms with Gasteiger partial charge in [0.05, 0.1) is 24.4 Å². The number of fused-ring (bicyclic) bond motifs is 1. The van der Waals surface area contributed by atoms with E-state index in [1.165, 1.54) is 0 Å². The molecule has 0 aromatic carbocycles. The lowest BCUT2D eigenvalue weighted by molar-refractivity contribution is -0.0387. The number of nitrogens with zero attached hydrogens (tertiary/aromatic N) is 6. The molecular weight excluding hydrogens is 358 g/mol. The molecule has 9 nitrogen and oxygen atoms in total. The fraction of sp³-hybridized carbons (Fsp3) is 0.421. The van der Waals surface area contributed by atoms with Crippen molar-refractivity contribution in [3.05, 3.63) is 48.7 Å². The second kappa shape index (κ2) is 6.83. The number of aromatic nitrogens is 5. The van der Waals surface area contributed by atoms with Gasteiger partial charge in [0.2, 0.25) is 5.95 Å². The zero-order valence-corrected chi connectivity index (χ0v) is 15.4. The van der Waals surface area contributed by atoms with Crippen LogP contribution in [-0.2, 0) is 4.74 Å². The Kier molecular flexibility index (Phi) is 4.16. The number of nitrogens with one attached hydrogen (secondary N) is 1. The first-order valence-electron chi connectivity index (χ1n) is 9.48. The highest BCUT2D eigenvalue weighted by Crippen LogP contribution is 2.37. The zero-order chi connectivity index (χ0) is 19.0. The van der Waals surface area contributed by atoms with Crippen molar-refractivity contribution in [2.24, 2.45) is 0 Å². The van der Waals surface area contributed by atoms with Crippen LogP contribution in [0.1, 0.15) is 29.6 Å². The Hall–Kier alpha value is -3.07. The molecule has 2 fully saturated rings. The van der Waals surface area contributed by atoms with E-state index in [0.29, 0.717) is 36.9 Å². The summed E-state index contributed by atoms with van der Waals surface area (Å²) in [4.78, 5) is 27.5. The number of carbonyl (C=O) groups is 1. The van der Waals surface area contributed by atoms with Crippen molar-refractivity contribution in [2.75, 3.05) is 25.0 Å². The summed E-state index contributed by atoms with van der Waals surface area (Å²) in [5.74, 6) is 0.607. The molecule has 144 valence electrons. The number of ether oxygens (including phenoxy) is 1. The van der Waals surface area contributed by atoms with Crippen molar-refractivity contribution in [1.82, 2.24) is 29.5 Å². The Labute approximate surface area is 161 Å². The quantitative estimate of drug-likeness (QED) is 0.734. The van der Waals surface area contributed by atoms with Crippen molar-refractivity contribution in [3.63, 3.8) is 0 Å². The topological polar surface area (TPSA) is 97.5 Å². The summed E-state index contributed by atoms with van der Waals surface area (Å²) in [5.41, 5.74) is 0.962. The monoisotopic (exact) mass is 379 g/mol. The molecular formula is C19H21N7O2. The first-order chi connectivity index (χ1) is 13.7. The molecule has 2 aliphatic rings. The Morgan fingerprint density at radius 1 is 1.14 bits per heavy atom. The van der Waals surface area contributed by atoms with Gasteiger partial charge in [-0.05, 0) is 31.4 Å². The molecule has 0 saturated carbocycles. The first kappa shape index (κ1) is 17.1. The first-order valence-corrected chi connectivity index (χ1v) is 9.48. The Morgan fingerprint density at radius 3 is 2.75 bits per heavy atom. The number of hydrogen-bond donors (Lipinski definition) is 1. The van der Waals surface area contributed by atoms with Gasteiger partial charge in [0.1, 0.15) is 5.56 Å². The summed E-state index contributed by atoms with van der Waals surface area (Å²) in [6.07, 6.45) is 11.0. The molecule has 1 unspecified atom stereocenters. The van der Waals surface area contributed by atoms with Crippen LogP contribution < -0.4 is 5.32 Å². The molecule has 1 atom stereocenters. The summed E-state index contributed by atoms with van der Waals surface area (Å²) in [5, 5.41) is 7.56. The molecule has 28 heavy (non-hydrogen) atoms. The average Bonchev–Trinajstić information content (AvgIpc) is 3.33. The molecule has 0 aliphatic carbocycles. The second-order valence-corrected chi connectivity index (χ2v) is 7.35. The van der Waals surface area contributed by atoms with Gasteiger partial charge in [-0.2, -0.15) is 5.10 Å². The standard InChI is InChI=1S/C19H21N7O2/c27-17(15-12-23-26-8-2-7-20-16(15)26)25-9-3-19(4-10-25)11-14(13-28-19)24-18-21-5-1-6-22-18/h1-2,5-8,12,14H,3-4,9-11,13H2,(H,21,22,24). The minimum atomic E-state index is -0.178. The predicted molar refractivity (Wildman–Crippen MR) is 101 cm³/mol. The molecule has 2 aliphatic heterocycles. The van der Waals surface area contributed by atoms with Gasteiger partial charge in [-0.3, -0.25) is 4.79 Å². The van der Waals surface area contributed by atoms with Crippen LogP contribution in [-0.4, -0.2) is 66.7 Å². The normalized spacial score (nSPS) is 21.3. The van der Waals surface area contributed by atoms with Crippen LogP contribution in [0.15, 0.2) is 43.1 Å². The lowest BCUT2D eigenvalue weighted by Gasteiger charge is -2.38. The van der Waals surface area contributed by atoms with E-state index in [2.05, 4.69) is 25.4 Å². The van der Waals surface area contributed by atoms with Crippen molar-refractivity contribution < 1.29 is 9.53 Å². The predicted octanol–water partition coefficient (Wildman–Crippen LogP) is 1.40. The van der Waals surface area contributed by atoms with E-state index in [4.69, 9.17) is 4.74 Å². The van der Waals surface area contributed by atoms with Crippen LogP contribution in [0.2, 0.25) is 0 Å². The van der Waals surface area contributed by atoms with Crippen molar-refractivity contribution >= 4 is 17.5 Å². The van der Waals surface area contributed by atoms with E-state index in [1.54, 1.807) is 47.6 Å². The van der Waals surface area contributed by atoms with E-state index < -0.39 is 0 Å². The maximum Gasteiger partial charge on any atom is 0.259 e. The molecule has 2 saturated heterocycles. The highest BCUT2D eigenvalue weighted by Gasteiger charge is 2.43. The van der Waals surface area contributed by atoms with E-state index >= 15 is 0 Å². The van der Waals surface area contributed by atoms with Gasteiger partial charge in [-0.1, -0.05) is 0 Å². The largest absolute Gasteiger partial charge is 0.373 e. The van der Waals surface area contributed by atoms with Crippen LogP contribution >= 0.6 is 0 Å². The number of hydrogen-bond acceptors (Lipinski definition) is 7. The summed E-state index contributed by atoms with van der Waals surface area (Å²) in [6.45, 7) is 1.96. The maximum absolute atomic E-state index is 12.9. The van der Waals surface area contributed by atoms with Crippen LogP contribution in [0, 0.1) is 0 Å². The van der Waals surface area contributed by atoms with E-state index in [0.717, 1.165) is 19.3 Å². The number of anilines is 1. The summed E-state index contributed by atoms with van der Waals surface area (Å²) < 4.78 is 7.80. The Bertz CT molecular complexity index is 982. The number of amides is 1. The van der Waals surface area contributed by atoms with Crippen LogP contribution in [0.3, 0.4) is 0 Å². The van der Waals surface area contributed by atoms with Crippen molar-refractivity contribution in [2.45, 2.75) is 30.9 Å². The highest BCUT2D eigenvalue weighted by atomic mass is 16.5. The lowest BCUT2D eigenvalue weighted by atomic mass is 9.87. The molecule has 1 spiro atoms. The van der Waals surface area contributed by atoms with Crippen LogP contribution in [0.25, 0.3) is 5.65 Å². The summed E-state index contributed by atoms with van der Waals surface area (Å²) in [6, 6.07) is 3.78. The van der Waals surface area contributed by atoms with Gasteiger partial charge >= 0.3 is 0 Å². The van der Waals surface area contributed by atoms with Gasteiger partial charge in [-0.25, -0.2) is 19.5 Å². The molecule has 9 heteroatoms. The van der Waals surface area contributed by atoms with Crippen LogP contribution in [0.4, 0.5) is 5.95 Å². The van der Waals surface area contributed by atoms with Gasteiger partial charge in [0, 0.05) is 37.9 Å². The third-order valence-electron chi connectivity index (χ3n) is 5.58. The minimum absolute atomic E-state index is 0.0195. The third kappa shape index (κ3) is 3.07. The average molecular weight is 379 g/mol. The molecule has 3 aromatic heterocycles. The van der Waals surface area contributed by atoms with Crippen molar-refractivity contribution in [3.8, 4) is 0 Å². The second-order valence-electron chi connectivity index (χ2n) is 7.35. The Morgan fingerprint density at radius 2 is 1.93 bits per heavy atom. The fourth-order valence-corrected chi connectivity index (χ4v) is 4.11. The van der Waals surface area contributed by atoms with Crippen LogP contribution in [0.5, 0.6) is 0 Å². The highest BCUT2D eigenvalue weighted by molar-refractivity contribution is 5.99. The third-order valence-corrected chi connectivity index (χ3v) is 5.58. The molecule has 0 bridgehead atoms. The number of carbonyl (C=O) groups excluding carboxylic acids is 1. The zero-order valence-electron chi connectivity index (χ0n) is 15.4. The van der Waals surface area contributed by atoms with Crippen molar-refractivity contribution in [1.29, 1.82) is 0 Å². The number of likely N-dealkylation sites (tertiary alicyclic amines) is 1. The Balaban J connectivity index is 1.22. The molecule has 3 aromatic rings. The number of rotatable bonds is 3. The van der Waals surface area contributed by atoms with E-state index in [1.807, 2.05) is 4.90 Å². The molecule has 5 rings (SSSR count). The van der Waals surface area contributed by atoms with Gasteiger partial charge in [-0.15, -0.1) is 0 Å². The van der Waals surface area contributed by atoms with E-state index in [-0.39, 0.29) is 17.6 Å². The van der Waals surface area contributed by atoms with Gasteiger partial charge < -0.3 is 15.0 Å². The minimum Gasteiger partial charge on any atom is -0.373 e. The maximum atomic E-state index is 12.9. The van der Waals surface area contributed by atoms with E-state index in [9.17, 15) is 4.79 Å². The smallest absolute Gasteiger partial charge is 0.259 e. The summed E-state index contributed by atoms with van der Waals surface area (Å²) >= 11 is 0. The van der Waals surface area contributed by atoms with Gasteiger partial charge in [0.15, 0.2) is 5.65 Å².